The molecule has 0 saturated carbocycles. The summed E-state index contributed by atoms with van der Waals surface area (Å²) in [6.45, 7) is 1.30. The third kappa shape index (κ3) is 4.75. The van der Waals surface area contributed by atoms with Gasteiger partial charge in [0.05, 0.1) is 9.21 Å². The van der Waals surface area contributed by atoms with E-state index < -0.39 is 0 Å². The molecule has 0 bridgehead atoms. The van der Waals surface area contributed by atoms with Crippen LogP contribution in [0.1, 0.15) is 16.1 Å². The van der Waals surface area contributed by atoms with Gasteiger partial charge in [-0.1, -0.05) is 11.6 Å². The average Bonchev–Trinajstić information content (AvgIpc) is 2.64. The molecule has 84 valence electrons. The lowest BCUT2D eigenvalue weighted by atomic mass is 10.3. The second-order valence-corrected chi connectivity index (χ2v) is 4.64. The molecule has 0 N–H and O–H groups in total. The van der Waals surface area contributed by atoms with E-state index in [1.165, 1.54) is 11.3 Å². The lowest BCUT2D eigenvalue weighted by molar-refractivity contribution is 0.0709. The minimum atomic E-state index is -0.0238. The van der Waals surface area contributed by atoms with E-state index in [1.54, 1.807) is 19.2 Å². The molecule has 0 aliphatic rings. The van der Waals surface area contributed by atoms with E-state index in [4.69, 9.17) is 21.1 Å². The SMILES string of the molecule is COCCCOCC(=O)c1ccc(Cl)s1. The Labute approximate surface area is 98.0 Å². The summed E-state index contributed by atoms with van der Waals surface area (Å²) in [5.41, 5.74) is 0. The fourth-order valence-corrected chi connectivity index (χ4v) is 1.97. The van der Waals surface area contributed by atoms with E-state index >= 15 is 0 Å². The van der Waals surface area contributed by atoms with Gasteiger partial charge in [0.2, 0.25) is 0 Å². The van der Waals surface area contributed by atoms with Crippen molar-refractivity contribution in [3.05, 3.63) is 21.3 Å². The number of ketones is 1. The maximum Gasteiger partial charge on any atom is 0.198 e. The number of Topliss-reactive ketones (excluding diaryl/α,β-unsaturated/α-hetero) is 1. The first-order chi connectivity index (χ1) is 7.24. The minimum absolute atomic E-state index is 0.0238. The second-order valence-electron chi connectivity index (χ2n) is 2.93. The summed E-state index contributed by atoms with van der Waals surface area (Å²) in [4.78, 5) is 12.1. The van der Waals surface area contributed by atoms with Crippen molar-refractivity contribution in [2.45, 2.75) is 6.42 Å². The standard InChI is InChI=1S/C10H13ClO3S/c1-13-5-2-6-14-7-8(12)9-3-4-10(11)15-9/h3-4H,2,5-7H2,1H3. The summed E-state index contributed by atoms with van der Waals surface area (Å²) in [7, 11) is 1.64. The van der Waals surface area contributed by atoms with Gasteiger partial charge in [0.25, 0.3) is 0 Å². The van der Waals surface area contributed by atoms with Gasteiger partial charge in [0.15, 0.2) is 5.78 Å². The molecule has 0 saturated heterocycles. The van der Waals surface area contributed by atoms with Gasteiger partial charge in [-0.3, -0.25) is 4.79 Å². The zero-order chi connectivity index (χ0) is 11.1. The Kier molecular flexibility index (Phi) is 5.86. The number of thiophene rings is 1. The third-order valence-electron chi connectivity index (χ3n) is 1.72. The van der Waals surface area contributed by atoms with Crippen molar-refractivity contribution in [1.82, 2.24) is 0 Å². The summed E-state index contributed by atoms with van der Waals surface area (Å²) >= 11 is 6.99. The van der Waals surface area contributed by atoms with Gasteiger partial charge in [-0.15, -0.1) is 11.3 Å². The van der Waals surface area contributed by atoms with Gasteiger partial charge in [0, 0.05) is 20.3 Å². The van der Waals surface area contributed by atoms with Crippen LogP contribution >= 0.6 is 22.9 Å². The Morgan fingerprint density at radius 2 is 2.27 bits per heavy atom. The molecule has 0 aromatic carbocycles. The fourth-order valence-electron chi connectivity index (χ4n) is 1.01. The molecule has 0 radical (unpaired) electrons. The number of hydrogen-bond acceptors (Lipinski definition) is 4. The molecule has 1 rings (SSSR count). The molecular formula is C10H13ClO3S. The predicted molar refractivity (Wildman–Crippen MR) is 61.0 cm³/mol. The molecule has 0 unspecified atom stereocenters. The number of carbonyl (C=O) groups is 1. The number of carbonyl (C=O) groups excluding carboxylic acids is 1. The quantitative estimate of drug-likeness (QED) is 0.550. The summed E-state index contributed by atoms with van der Waals surface area (Å²) < 4.78 is 10.7. The van der Waals surface area contributed by atoms with Gasteiger partial charge < -0.3 is 9.47 Å². The first-order valence-electron chi connectivity index (χ1n) is 4.59. The van der Waals surface area contributed by atoms with Crippen molar-refractivity contribution in [1.29, 1.82) is 0 Å². The lowest BCUT2D eigenvalue weighted by Gasteiger charge is -2.01. The number of hydrogen-bond donors (Lipinski definition) is 0. The smallest absolute Gasteiger partial charge is 0.198 e. The zero-order valence-electron chi connectivity index (χ0n) is 8.49. The molecule has 1 heterocycles. The van der Waals surface area contributed by atoms with E-state index in [-0.39, 0.29) is 12.4 Å². The van der Waals surface area contributed by atoms with Crippen LogP contribution in [0.2, 0.25) is 4.34 Å². The van der Waals surface area contributed by atoms with Crippen molar-refractivity contribution < 1.29 is 14.3 Å². The van der Waals surface area contributed by atoms with E-state index in [0.29, 0.717) is 22.4 Å². The third-order valence-corrected chi connectivity index (χ3v) is 2.99. The molecule has 0 atom stereocenters. The molecule has 15 heavy (non-hydrogen) atoms. The van der Waals surface area contributed by atoms with Gasteiger partial charge in [-0.2, -0.15) is 0 Å². The lowest BCUT2D eigenvalue weighted by Crippen LogP contribution is -2.09. The fraction of sp³-hybridized carbons (Fsp3) is 0.500. The number of ether oxygens (including phenoxy) is 2. The molecule has 0 spiro atoms. The van der Waals surface area contributed by atoms with Crippen LogP contribution < -0.4 is 0 Å². The summed E-state index contributed by atoms with van der Waals surface area (Å²) in [5.74, 6) is -0.0238. The van der Waals surface area contributed by atoms with Gasteiger partial charge in [-0.25, -0.2) is 0 Å². The zero-order valence-corrected chi connectivity index (χ0v) is 10.1. The normalized spacial score (nSPS) is 10.5. The summed E-state index contributed by atoms with van der Waals surface area (Å²) in [6, 6.07) is 3.43. The molecule has 0 aliphatic carbocycles. The Morgan fingerprint density at radius 1 is 1.47 bits per heavy atom. The molecule has 3 nitrogen and oxygen atoms in total. The van der Waals surface area contributed by atoms with Crippen LogP contribution in [0.15, 0.2) is 12.1 Å². The Balaban J connectivity index is 2.19. The highest BCUT2D eigenvalue weighted by Crippen LogP contribution is 2.21. The Hall–Kier alpha value is -0.420. The van der Waals surface area contributed by atoms with Crippen molar-refractivity contribution in [3.8, 4) is 0 Å². The first kappa shape index (κ1) is 12.6. The van der Waals surface area contributed by atoms with E-state index in [9.17, 15) is 4.79 Å². The Bertz CT molecular complexity index is 311. The van der Waals surface area contributed by atoms with Crippen LogP contribution in [0.5, 0.6) is 0 Å². The maximum atomic E-state index is 11.5. The molecule has 0 aliphatic heterocycles. The largest absolute Gasteiger partial charge is 0.385 e. The molecule has 0 amide bonds. The molecule has 1 aromatic heterocycles. The van der Waals surface area contributed by atoms with Crippen molar-refractivity contribution in [2.24, 2.45) is 0 Å². The number of halogens is 1. The highest BCUT2D eigenvalue weighted by Gasteiger charge is 2.08. The Morgan fingerprint density at radius 3 is 2.87 bits per heavy atom. The van der Waals surface area contributed by atoms with Crippen LogP contribution in [-0.4, -0.2) is 32.7 Å². The van der Waals surface area contributed by atoms with E-state index in [0.717, 1.165) is 6.42 Å². The van der Waals surface area contributed by atoms with Gasteiger partial charge in [0.1, 0.15) is 6.61 Å². The molecular weight excluding hydrogens is 236 g/mol. The van der Waals surface area contributed by atoms with Crippen LogP contribution in [0, 0.1) is 0 Å². The molecule has 0 fully saturated rings. The second kappa shape index (κ2) is 6.95. The highest BCUT2D eigenvalue weighted by atomic mass is 35.5. The van der Waals surface area contributed by atoms with Crippen LogP contribution in [0.3, 0.4) is 0 Å². The van der Waals surface area contributed by atoms with Gasteiger partial charge >= 0.3 is 0 Å². The molecule has 5 heteroatoms. The number of methoxy groups -OCH3 is 1. The summed E-state index contributed by atoms with van der Waals surface area (Å²) in [6.07, 6.45) is 0.801. The maximum absolute atomic E-state index is 11.5. The monoisotopic (exact) mass is 248 g/mol. The van der Waals surface area contributed by atoms with Gasteiger partial charge in [-0.05, 0) is 18.6 Å². The predicted octanol–water partition coefficient (Wildman–Crippen LogP) is 2.64. The van der Waals surface area contributed by atoms with Crippen molar-refractivity contribution >= 4 is 28.7 Å². The number of rotatable bonds is 7. The topological polar surface area (TPSA) is 35.5 Å². The van der Waals surface area contributed by atoms with E-state index in [2.05, 4.69) is 0 Å². The molecule has 1 aromatic rings. The van der Waals surface area contributed by atoms with Crippen molar-refractivity contribution in [2.75, 3.05) is 26.9 Å². The minimum Gasteiger partial charge on any atom is -0.385 e. The first-order valence-corrected chi connectivity index (χ1v) is 5.78. The van der Waals surface area contributed by atoms with Crippen LogP contribution in [0.4, 0.5) is 0 Å². The average molecular weight is 249 g/mol. The van der Waals surface area contributed by atoms with Crippen LogP contribution in [-0.2, 0) is 9.47 Å². The van der Waals surface area contributed by atoms with E-state index in [1.807, 2.05) is 0 Å². The van der Waals surface area contributed by atoms with Crippen molar-refractivity contribution in [3.63, 3.8) is 0 Å². The van der Waals surface area contributed by atoms with Crippen LogP contribution in [0.25, 0.3) is 0 Å². The summed E-state index contributed by atoms with van der Waals surface area (Å²) in [5, 5.41) is 0. The highest BCUT2D eigenvalue weighted by molar-refractivity contribution is 7.18.